The molecule has 1 fully saturated rings. The Morgan fingerprint density at radius 3 is 2.80 bits per heavy atom. The fourth-order valence-corrected chi connectivity index (χ4v) is 5.13. The van der Waals surface area contributed by atoms with Crippen molar-refractivity contribution in [3.8, 4) is 11.4 Å². The van der Waals surface area contributed by atoms with E-state index in [0.29, 0.717) is 34.0 Å². The lowest BCUT2D eigenvalue weighted by atomic mass is 10.2. The zero-order valence-electron chi connectivity index (χ0n) is 16.1. The maximum Gasteiger partial charge on any atom is 0.233 e. The molecule has 0 radical (unpaired) electrons. The predicted molar refractivity (Wildman–Crippen MR) is 119 cm³/mol. The first-order valence-electron chi connectivity index (χ1n) is 9.52. The van der Waals surface area contributed by atoms with Gasteiger partial charge in [0.05, 0.1) is 22.2 Å². The van der Waals surface area contributed by atoms with Crippen LogP contribution in [-0.2, 0) is 11.3 Å². The number of carbonyl (C=O) groups excluding carboxylic acids is 1. The van der Waals surface area contributed by atoms with Crippen LogP contribution in [0.1, 0.15) is 23.8 Å². The summed E-state index contributed by atoms with van der Waals surface area (Å²) in [5.41, 5.74) is 0.429. The minimum absolute atomic E-state index is 0.0257. The van der Waals surface area contributed by atoms with Crippen molar-refractivity contribution in [1.82, 2.24) is 19.7 Å². The smallest absolute Gasteiger partial charge is 0.233 e. The maximum absolute atomic E-state index is 14.3. The molecule has 5 nitrogen and oxygen atoms in total. The van der Waals surface area contributed by atoms with Crippen molar-refractivity contribution < 1.29 is 9.18 Å². The maximum atomic E-state index is 14.3. The molecule has 2 heterocycles. The quantitative estimate of drug-likeness (QED) is 0.314. The molecule has 0 atom stereocenters. The van der Waals surface area contributed by atoms with Gasteiger partial charge < -0.3 is 4.90 Å². The molecule has 4 rings (SSSR count). The number of hydrogen-bond donors (Lipinski definition) is 0. The molecule has 0 N–H and O–H groups in total. The number of thioether (sulfide) groups is 1. The van der Waals surface area contributed by atoms with Crippen molar-refractivity contribution >= 4 is 40.6 Å². The second kappa shape index (κ2) is 9.32. The van der Waals surface area contributed by atoms with E-state index in [0.717, 1.165) is 17.7 Å². The summed E-state index contributed by atoms with van der Waals surface area (Å²) in [6, 6.07) is 10.6. The molecule has 1 aliphatic rings. The summed E-state index contributed by atoms with van der Waals surface area (Å²) in [5.74, 6) is 0.379. The third kappa shape index (κ3) is 4.77. The number of hydrogen-bond acceptors (Lipinski definition) is 5. The SMILES string of the molecule is C=CCN(Cc1ccc(Cl)s1)C(=O)CSc1nnc(-c2ccccc2F)n1C1CC1. The Morgan fingerprint density at radius 1 is 1.33 bits per heavy atom. The highest BCUT2D eigenvalue weighted by atomic mass is 35.5. The van der Waals surface area contributed by atoms with Crippen molar-refractivity contribution in [2.45, 2.75) is 30.6 Å². The van der Waals surface area contributed by atoms with E-state index in [1.165, 1.54) is 29.2 Å². The van der Waals surface area contributed by atoms with E-state index in [-0.39, 0.29) is 23.5 Å². The zero-order chi connectivity index (χ0) is 21.1. The molecule has 1 saturated carbocycles. The van der Waals surface area contributed by atoms with E-state index >= 15 is 0 Å². The van der Waals surface area contributed by atoms with Gasteiger partial charge in [-0.15, -0.1) is 28.1 Å². The molecule has 3 aromatic rings. The van der Waals surface area contributed by atoms with Gasteiger partial charge in [0.2, 0.25) is 5.91 Å². The summed E-state index contributed by atoms with van der Waals surface area (Å²) in [6.07, 6.45) is 3.71. The molecular weight excluding hydrogens is 443 g/mol. The van der Waals surface area contributed by atoms with E-state index < -0.39 is 0 Å². The standard InChI is InChI=1S/C21H20ClFN4OS2/c1-2-11-26(12-15-9-10-18(22)30-15)19(28)13-29-21-25-24-20(27(21)14-7-8-14)16-5-3-4-6-17(16)23/h2-6,9-10,14H,1,7-8,11-13H2. The van der Waals surface area contributed by atoms with Crippen LogP contribution in [0.4, 0.5) is 4.39 Å². The molecule has 1 aliphatic carbocycles. The lowest BCUT2D eigenvalue weighted by Gasteiger charge is -2.20. The molecule has 30 heavy (non-hydrogen) atoms. The van der Waals surface area contributed by atoms with Crippen LogP contribution >= 0.6 is 34.7 Å². The van der Waals surface area contributed by atoms with E-state index in [1.807, 2.05) is 16.7 Å². The summed E-state index contributed by atoms with van der Waals surface area (Å²) < 4.78 is 17.0. The number of nitrogens with zero attached hydrogens (tertiary/aromatic N) is 4. The van der Waals surface area contributed by atoms with Crippen LogP contribution in [0.25, 0.3) is 11.4 Å². The number of halogens is 2. The van der Waals surface area contributed by atoms with Gasteiger partial charge in [-0.2, -0.15) is 0 Å². The lowest BCUT2D eigenvalue weighted by Crippen LogP contribution is -2.31. The minimum Gasteiger partial charge on any atom is -0.333 e. The fraction of sp³-hybridized carbons (Fsp3) is 0.286. The molecule has 156 valence electrons. The Morgan fingerprint density at radius 2 is 2.13 bits per heavy atom. The molecule has 0 saturated heterocycles. The van der Waals surface area contributed by atoms with Crippen LogP contribution in [0.2, 0.25) is 4.34 Å². The monoisotopic (exact) mass is 462 g/mol. The minimum atomic E-state index is -0.328. The van der Waals surface area contributed by atoms with Crippen LogP contribution in [0.3, 0.4) is 0 Å². The largest absolute Gasteiger partial charge is 0.333 e. The van der Waals surface area contributed by atoms with Gasteiger partial charge >= 0.3 is 0 Å². The van der Waals surface area contributed by atoms with Crippen LogP contribution in [0.15, 0.2) is 54.2 Å². The highest BCUT2D eigenvalue weighted by Gasteiger charge is 2.31. The molecular formula is C21H20ClFN4OS2. The molecule has 1 amide bonds. The topological polar surface area (TPSA) is 51.0 Å². The first kappa shape index (κ1) is 21.1. The number of benzene rings is 1. The highest BCUT2D eigenvalue weighted by molar-refractivity contribution is 7.99. The van der Waals surface area contributed by atoms with Gasteiger partial charge in [0, 0.05) is 17.5 Å². The van der Waals surface area contributed by atoms with Crippen molar-refractivity contribution in [3.05, 3.63) is 64.1 Å². The van der Waals surface area contributed by atoms with Crippen LogP contribution in [-0.4, -0.2) is 37.9 Å². The Hall–Kier alpha value is -2.16. The van der Waals surface area contributed by atoms with E-state index in [9.17, 15) is 9.18 Å². The Labute approximate surface area is 187 Å². The summed E-state index contributed by atoms with van der Waals surface area (Å²) in [5, 5.41) is 9.14. The molecule has 0 bridgehead atoms. The number of aromatic nitrogens is 3. The van der Waals surface area contributed by atoms with Gasteiger partial charge in [0.1, 0.15) is 5.82 Å². The van der Waals surface area contributed by atoms with Gasteiger partial charge in [0.25, 0.3) is 0 Å². The second-order valence-electron chi connectivity index (χ2n) is 6.94. The van der Waals surface area contributed by atoms with Gasteiger partial charge in [-0.1, -0.05) is 41.6 Å². The zero-order valence-corrected chi connectivity index (χ0v) is 18.5. The lowest BCUT2D eigenvalue weighted by molar-refractivity contribution is -0.128. The second-order valence-corrected chi connectivity index (χ2v) is 9.69. The van der Waals surface area contributed by atoms with Gasteiger partial charge in [0.15, 0.2) is 11.0 Å². The summed E-state index contributed by atoms with van der Waals surface area (Å²) in [4.78, 5) is 15.6. The average Bonchev–Trinajstić information content (AvgIpc) is 3.36. The van der Waals surface area contributed by atoms with Crippen LogP contribution in [0, 0.1) is 5.82 Å². The number of rotatable bonds is 9. The normalized spacial score (nSPS) is 13.4. The number of amides is 1. The highest BCUT2D eigenvalue weighted by Crippen LogP contribution is 2.41. The third-order valence-corrected chi connectivity index (χ3v) is 6.84. The molecule has 1 aromatic carbocycles. The van der Waals surface area contributed by atoms with Gasteiger partial charge in [-0.25, -0.2) is 4.39 Å². The van der Waals surface area contributed by atoms with E-state index in [4.69, 9.17) is 11.6 Å². The Balaban J connectivity index is 1.49. The number of thiophene rings is 1. The first-order valence-corrected chi connectivity index (χ1v) is 11.7. The summed E-state index contributed by atoms with van der Waals surface area (Å²) in [6.45, 7) is 4.69. The Kier molecular flexibility index (Phi) is 6.55. The van der Waals surface area contributed by atoms with Crippen LogP contribution < -0.4 is 0 Å². The Bertz CT molecular complexity index is 1060. The van der Waals surface area contributed by atoms with Gasteiger partial charge in [-0.3, -0.25) is 9.36 Å². The average molecular weight is 463 g/mol. The van der Waals surface area contributed by atoms with E-state index in [1.54, 1.807) is 29.2 Å². The third-order valence-electron chi connectivity index (χ3n) is 4.69. The van der Waals surface area contributed by atoms with Crippen molar-refractivity contribution in [2.24, 2.45) is 0 Å². The molecule has 9 heteroatoms. The molecule has 0 spiro atoms. The van der Waals surface area contributed by atoms with Crippen molar-refractivity contribution in [3.63, 3.8) is 0 Å². The predicted octanol–water partition coefficient (Wildman–Crippen LogP) is 5.44. The van der Waals surface area contributed by atoms with E-state index in [2.05, 4.69) is 16.8 Å². The van der Waals surface area contributed by atoms with Crippen molar-refractivity contribution in [1.29, 1.82) is 0 Å². The van der Waals surface area contributed by atoms with Gasteiger partial charge in [-0.05, 0) is 37.1 Å². The molecule has 0 unspecified atom stereocenters. The number of carbonyl (C=O) groups is 1. The summed E-state index contributed by atoms with van der Waals surface area (Å²) >= 11 is 8.80. The molecule has 2 aromatic heterocycles. The first-order chi connectivity index (χ1) is 14.6. The molecule has 0 aliphatic heterocycles. The van der Waals surface area contributed by atoms with Crippen molar-refractivity contribution in [2.75, 3.05) is 12.3 Å². The van der Waals surface area contributed by atoms with Crippen LogP contribution in [0.5, 0.6) is 0 Å². The fourth-order valence-electron chi connectivity index (χ4n) is 3.12. The summed E-state index contributed by atoms with van der Waals surface area (Å²) in [7, 11) is 0.